The Morgan fingerprint density at radius 2 is 2.25 bits per heavy atom. The van der Waals surface area contributed by atoms with Crippen molar-refractivity contribution in [3.63, 3.8) is 0 Å². The van der Waals surface area contributed by atoms with E-state index in [9.17, 15) is 5.11 Å². The minimum absolute atomic E-state index is 0.109. The molecule has 1 rings (SSSR count). The second kappa shape index (κ2) is 5.46. The molecule has 0 aliphatic carbocycles. The van der Waals surface area contributed by atoms with Crippen LogP contribution in [0, 0.1) is 6.92 Å². The Morgan fingerprint density at radius 1 is 1.56 bits per heavy atom. The molecular formula is C12H23N3O. The first-order valence-electron chi connectivity index (χ1n) is 5.86. The topological polar surface area (TPSA) is 60.9 Å². The smallest absolute Gasteiger partial charge is 0.0741 e. The van der Waals surface area contributed by atoms with Gasteiger partial charge in [-0.1, -0.05) is 0 Å². The molecule has 1 unspecified atom stereocenters. The third-order valence-corrected chi connectivity index (χ3v) is 3.07. The van der Waals surface area contributed by atoms with Crippen molar-refractivity contribution in [1.82, 2.24) is 15.5 Å². The van der Waals surface area contributed by atoms with Crippen LogP contribution in [0.1, 0.15) is 38.4 Å². The Balaban J connectivity index is 2.20. The van der Waals surface area contributed by atoms with Crippen LogP contribution in [-0.4, -0.2) is 33.5 Å². The van der Waals surface area contributed by atoms with E-state index in [4.69, 9.17) is 0 Å². The second-order valence-corrected chi connectivity index (χ2v) is 4.95. The zero-order valence-electron chi connectivity index (χ0n) is 10.7. The standard InChI is InChI=1S/C12H23N3O/c1-9-11(8-14-15-9)6-5-7-13-10(2)12(3,4)16/h8,10,13,16H,5-7H2,1-4H3,(H,14,15). The van der Waals surface area contributed by atoms with Crippen LogP contribution in [-0.2, 0) is 6.42 Å². The number of rotatable bonds is 6. The van der Waals surface area contributed by atoms with Crippen molar-refractivity contribution in [2.45, 2.75) is 52.2 Å². The summed E-state index contributed by atoms with van der Waals surface area (Å²) in [4.78, 5) is 0. The van der Waals surface area contributed by atoms with E-state index in [1.165, 1.54) is 5.56 Å². The molecule has 92 valence electrons. The fourth-order valence-electron chi connectivity index (χ4n) is 1.47. The Labute approximate surface area is 97.5 Å². The molecule has 0 amide bonds. The molecule has 1 aromatic heterocycles. The summed E-state index contributed by atoms with van der Waals surface area (Å²) in [6.45, 7) is 8.60. The van der Waals surface area contributed by atoms with Crippen LogP contribution >= 0.6 is 0 Å². The van der Waals surface area contributed by atoms with Gasteiger partial charge in [-0.25, -0.2) is 0 Å². The number of aromatic amines is 1. The van der Waals surface area contributed by atoms with Crippen molar-refractivity contribution in [2.24, 2.45) is 0 Å². The first-order chi connectivity index (χ1) is 7.41. The Hall–Kier alpha value is -0.870. The molecule has 0 saturated heterocycles. The summed E-state index contributed by atoms with van der Waals surface area (Å²) in [5, 5.41) is 20.0. The average molecular weight is 225 g/mol. The van der Waals surface area contributed by atoms with Gasteiger partial charge in [0.2, 0.25) is 0 Å². The van der Waals surface area contributed by atoms with Gasteiger partial charge >= 0.3 is 0 Å². The molecule has 0 spiro atoms. The summed E-state index contributed by atoms with van der Waals surface area (Å²) in [5.41, 5.74) is 1.76. The van der Waals surface area contributed by atoms with Crippen LogP contribution in [0.15, 0.2) is 6.20 Å². The summed E-state index contributed by atoms with van der Waals surface area (Å²) in [5.74, 6) is 0. The minimum Gasteiger partial charge on any atom is -0.389 e. The largest absolute Gasteiger partial charge is 0.389 e. The van der Waals surface area contributed by atoms with Crippen LogP contribution in [0.4, 0.5) is 0 Å². The fraction of sp³-hybridized carbons (Fsp3) is 0.750. The number of H-pyrrole nitrogens is 1. The average Bonchev–Trinajstić information content (AvgIpc) is 2.57. The first kappa shape index (κ1) is 13.2. The van der Waals surface area contributed by atoms with Gasteiger partial charge in [-0.3, -0.25) is 5.10 Å². The van der Waals surface area contributed by atoms with E-state index >= 15 is 0 Å². The molecular weight excluding hydrogens is 202 g/mol. The van der Waals surface area contributed by atoms with Crippen molar-refractivity contribution < 1.29 is 5.11 Å². The first-order valence-corrected chi connectivity index (χ1v) is 5.86. The molecule has 4 heteroatoms. The number of nitrogens with zero attached hydrogens (tertiary/aromatic N) is 1. The Bertz CT molecular complexity index is 314. The number of aliphatic hydroxyl groups is 1. The van der Waals surface area contributed by atoms with Gasteiger partial charge in [0, 0.05) is 11.7 Å². The zero-order valence-corrected chi connectivity index (χ0v) is 10.7. The van der Waals surface area contributed by atoms with Crippen LogP contribution in [0.2, 0.25) is 0 Å². The van der Waals surface area contributed by atoms with Crippen molar-refractivity contribution in [2.75, 3.05) is 6.54 Å². The molecule has 1 aromatic rings. The van der Waals surface area contributed by atoms with Gasteiger partial charge in [0.15, 0.2) is 0 Å². The number of hydrogen-bond donors (Lipinski definition) is 3. The highest BCUT2D eigenvalue weighted by atomic mass is 16.3. The van der Waals surface area contributed by atoms with E-state index in [0.717, 1.165) is 25.1 Å². The number of hydrogen-bond acceptors (Lipinski definition) is 3. The fourth-order valence-corrected chi connectivity index (χ4v) is 1.47. The zero-order chi connectivity index (χ0) is 12.2. The lowest BCUT2D eigenvalue weighted by Crippen LogP contribution is -2.44. The summed E-state index contributed by atoms with van der Waals surface area (Å²) in [6.07, 6.45) is 3.96. The van der Waals surface area contributed by atoms with E-state index < -0.39 is 5.60 Å². The molecule has 3 N–H and O–H groups in total. The van der Waals surface area contributed by atoms with E-state index in [-0.39, 0.29) is 6.04 Å². The molecule has 4 nitrogen and oxygen atoms in total. The normalized spacial score (nSPS) is 14.1. The van der Waals surface area contributed by atoms with Crippen LogP contribution in [0.5, 0.6) is 0 Å². The number of aryl methyl sites for hydroxylation is 2. The van der Waals surface area contributed by atoms with E-state index in [0.29, 0.717) is 0 Å². The van der Waals surface area contributed by atoms with Crippen molar-refractivity contribution >= 4 is 0 Å². The van der Waals surface area contributed by atoms with Gasteiger partial charge < -0.3 is 10.4 Å². The lowest BCUT2D eigenvalue weighted by molar-refractivity contribution is 0.0444. The van der Waals surface area contributed by atoms with Crippen molar-refractivity contribution in [3.05, 3.63) is 17.5 Å². The van der Waals surface area contributed by atoms with Crippen LogP contribution in [0.3, 0.4) is 0 Å². The predicted octanol–water partition coefficient (Wildman–Crippen LogP) is 1.40. The monoisotopic (exact) mass is 225 g/mol. The van der Waals surface area contributed by atoms with Crippen molar-refractivity contribution in [3.8, 4) is 0 Å². The minimum atomic E-state index is -0.661. The molecule has 1 atom stereocenters. The maximum Gasteiger partial charge on any atom is 0.0741 e. The van der Waals surface area contributed by atoms with Gasteiger partial charge in [0.25, 0.3) is 0 Å². The maximum absolute atomic E-state index is 9.74. The lowest BCUT2D eigenvalue weighted by atomic mass is 10.0. The van der Waals surface area contributed by atoms with Gasteiger partial charge in [0.05, 0.1) is 11.8 Å². The van der Waals surface area contributed by atoms with Crippen molar-refractivity contribution in [1.29, 1.82) is 0 Å². The molecule has 0 aromatic carbocycles. The summed E-state index contributed by atoms with van der Waals surface area (Å²) >= 11 is 0. The highest BCUT2D eigenvalue weighted by Crippen LogP contribution is 2.08. The van der Waals surface area contributed by atoms with Gasteiger partial charge in [-0.2, -0.15) is 5.10 Å². The molecule has 1 heterocycles. The Kier molecular flexibility index (Phi) is 4.50. The SMILES string of the molecule is Cc1[nH]ncc1CCCNC(C)C(C)(C)O. The summed E-state index contributed by atoms with van der Waals surface area (Å²) < 4.78 is 0. The molecule has 0 aliphatic rings. The van der Waals surface area contributed by atoms with Crippen LogP contribution in [0.25, 0.3) is 0 Å². The maximum atomic E-state index is 9.74. The quantitative estimate of drug-likeness (QED) is 0.641. The van der Waals surface area contributed by atoms with Crippen LogP contribution < -0.4 is 5.32 Å². The molecule has 16 heavy (non-hydrogen) atoms. The van der Waals surface area contributed by atoms with Gasteiger partial charge in [0.1, 0.15) is 0 Å². The third-order valence-electron chi connectivity index (χ3n) is 3.07. The third kappa shape index (κ3) is 3.94. The van der Waals surface area contributed by atoms with Gasteiger partial charge in [-0.15, -0.1) is 0 Å². The van der Waals surface area contributed by atoms with E-state index in [1.54, 1.807) is 0 Å². The lowest BCUT2D eigenvalue weighted by Gasteiger charge is -2.26. The predicted molar refractivity (Wildman–Crippen MR) is 65.4 cm³/mol. The highest BCUT2D eigenvalue weighted by molar-refractivity contribution is 5.14. The molecule has 0 aliphatic heterocycles. The molecule has 0 radical (unpaired) electrons. The summed E-state index contributed by atoms with van der Waals surface area (Å²) in [6, 6.07) is 0.109. The molecule has 0 fully saturated rings. The molecule has 0 saturated carbocycles. The number of nitrogens with one attached hydrogen (secondary N) is 2. The van der Waals surface area contributed by atoms with E-state index in [2.05, 4.69) is 15.5 Å². The number of aromatic nitrogens is 2. The summed E-state index contributed by atoms with van der Waals surface area (Å²) in [7, 11) is 0. The molecule has 0 bridgehead atoms. The second-order valence-electron chi connectivity index (χ2n) is 4.95. The Morgan fingerprint density at radius 3 is 2.75 bits per heavy atom. The van der Waals surface area contributed by atoms with Gasteiger partial charge in [-0.05, 0) is 52.6 Å². The highest BCUT2D eigenvalue weighted by Gasteiger charge is 2.20. The van der Waals surface area contributed by atoms with E-state index in [1.807, 2.05) is 33.9 Å².